The van der Waals surface area contributed by atoms with E-state index in [1.165, 1.54) is 39.2 Å². The number of ether oxygens (including phenoxy) is 1. The Morgan fingerprint density at radius 1 is 1.11 bits per heavy atom. The summed E-state index contributed by atoms with van der Waals surface area (Å²) in [5, 5.41) is 5.43. The van der Waals surface area contributed by atoms with Gasteiger partial charge in [-0.3, -0.25) is 4.79 Å². The van der Waals surface area contributed by atoms with Crippen molar-refractivity contribution in [2.45, 2.75) is 51.0 Å². The molecule has 108 valence electrons. The molecule has 0 aromatic rings. The number of nitrogens with one attached hydrogen (secondary N) is 2. The highest BCUT2D eigenvalue weighted by Crippen LogP contribution is 2.40. The predicted molar refractivity (Wildman–Crippen MR) is 71.6 cm³/mol. The van der Waals surface area contributed by atoms with Crippen molar-refractivity contribution in [1.82, 2.24) is 10.6 Å². The fraction of sp³-hybridized carbons (Fsp3) is 0.857. The fourth-order valence-electron chi connectivity index (χ4n) is 3.51. The molecule has 2 N–H and O–H groups in total. The molecule has 2 rings (SSSR count). The molecule has 2 aliphatic carbocycles. The van der Waals surface area contributed by atoms with Crippen LogP contribution in [0.15, 0.2) is 0 Å². The van der Waals surface area contributed by atoms with E-state index in [9.17, 15) is 9.59 Å². The van der Waals surface area contributed by atoms with Crippen LogP contribution in [0.5, 0.6) is 0 Å². The third kappa shape index (κ3) is 4.11. The third-order valence-corrected chi connectivity index (χ3v) is 4.48. The van der Waals surface area contributed by atoms with E-state index >= 15 is 0 Å². The summed E-state index contributed by atoms with van der Waals surface area (Å²) in [6.07, 6.45) is 8.26. The summed E-state index contributed by atoms with van der Waals surface area (Å²) < 4.78 is 4.43. The van der Waals surface area contributed by atoms with Crippen molar-refractivity contribution in [2.75, 3.05) is 13.7 Å². The van der Waals surface area contributed by atoms with Crippen molar-refractivity contribution in [2.24, 2.45) is 11.8 Å². The Labute approximate surface area is 114 Å². The van der Waals surface area contributed by atoms with E-state index in [4.69, 9.17) is 0 Å². The van der Waals surface area contributed by atoms with E-state index in [2.05, 4.69) is 15.4 Å². The molecule has 0 unspecified atom stereocenters. The zero-order valence-corrected chi connectivity index (χ0v) is 11.6. The first kappa shape index (κ1) is 14.2. The molecular weight excluding hydrogens is 244 g/mol. The second-order valence-corrected chi connectivity index (χ2v) is 5.73. The van der Waals surface area contributed by atoms with Crippen molar-refractivity contribution < 1.29 is 14.3 Å². The maximum Gasteiger partial charge on any atom is 0.407 e. The molecule has 0 radical (unpaired) electrons. The number of fused-ring (bicyclic) bond motifs is 1. The van der Waals surface area contributed by atoms with Crippen LogP contribution in [0.3, 0.4) is 0 Å². The van der Waals surface area contributed by atoms with Gasteiger partial charge >= 0.3 is 6.09 Å². The van der Waals surface area contributed by atoms with Crippen LogP contribution in [0.1, 0.15) is 44.9 Å². The molecule has 2 amide bonds. The van der Waals surface area contributed by atoms with Gasteiger partial charge in [-0.2, -0.15) is 0 Å². The van der Waals surface area contributed by atoms with Crippen LogP contribution in [0.2, 0.25) is 0 Å². The number of carbonyl (C=O) groups excluding carboxylic acids is 2. The number of hydrogen-bond acceptors (Lipinski definition) is 3. The summed E-state index contributed by atoms with van der Waals surface area (Å²) in [5.41, 5.74) is 0. The number of methoxy groups -OCH3 is 1. The highest BCUT2D eigenvalue weighted by atomic mass is 16.5. The average molecular weight is 268 g/mol. The SMILES string of the molecule is COC(=O)NCC(=O)N[C@@H]1CC[C@H]2CCCC[C@H]2C1. The molecule has 0 saturated heterocycles. The number of alkyl carbamates (subject to hydrolysis) is 1. The molecule has 3 atom stereocenters. The largest absolute Gasteiger partial charge is 0.453 e. The van der Waals surface area contributed by atoms with Gasteiger partial charge in [0.1, 0.15) is 6.54 Å². The van der Waals surface area contributed by atoms with Crippen LogP contribution in [0.4, 0.5) is 4.79 Å². The van der Waals surface area contributed by atoms with Gasteiger partial charge in [0.15, 0.2) is 0 Å². The van der Waals surface area contributed by atoms with E-state index in [-0.39, 0.29) is 18.5 Å². The first-order valence-corrected chi connectivity index (χ1v) is 7.30. The van der Waals surface area contributed by atoms with Crippen molar-refractivity contribution in [3.8, 4) is 0 Å². The molecule has 2 saturated carbocycles. The second-order valence-electron chi connectivity index (χ2n) is 5.73. The molecule has 0 bridgehead atoms. The zero-order valence-electron chi connectivity index (χ0n) is 11.6. The number of hydrogen-bond donors (Lipinski definition) is 2. The summed E-state index contributed by atoms with van der Waals surface area (Å²) in [6, 6.07) is 0.284. The van der Waals surface area contributed by atoms with E-state index < -0.39 is 6.09 Å². The summed E-state index contributed by atoms with van der Waals surface area (Å²) in [7, 11) is 1.29. The standard InChI is InChI=1S/C14H24N2O3/c1-19-14(18)15-9-13(17)16-12-7-6-10-4-2-3-5-11(10)8-12/h10-12H,2-9H2,1H3,(H,15,18)(H,16,17)/t10-,11+,12-/m1/s1. The summed E-state index contributed by atoms with van der Waals surface area (Å²) in [4.78, 5) is 22.6. The zero-order chi connectivity index (χ0) is 13.7. The highest BCUT2D eigenvalue weighted by molar-refractivity contribution is 5.82. The smallest absolute Gasteiger partial charge is 0.407 e. The number of carbonyl (C=O) groups is 2. The van der Waals surface area contributed by atoms with Crippen LogP contribution in [-0.2, 0) is 9.53 Å². The van der Waals surface area contributed by atoms with E-state index in [0.717, 1.165) is 24.7 Å². The molecule has 5 nitrogen and oxygen atoms in total. The van der Waals surface area contributed by atoms with Crippen LogP contribution in [-0.4, -0.2) is 31.7 Å². The van der Waals surface area contributed by atoms with Gasteiger partial charge in [-0.1, -0.05) is 25.7 Å². The maximum absolute atomic E-state index is 11.7. The molecule has 0 spiro atoms. The molecule has 0 aromatic heterocycles. The first-order chi connectivity index (χ1) is 9.19. The Bertz CT molecular complexity index is 333. The Kier molecular flexibility index (Phi) is 5.05. The van der Waals surface area contributed by atoms with Crippen molar-refractivity contribution in [3.63, 3.8) is 0 Å². The van der Waals surface area contributed by atoms with E-state index in [1.54, 1.807) is 0 Å². The molecule has 0 heterocycles. The highest BCUT2D eigenvalue weighted by Gasteiger charge is 2.32. The minimum Gasteiger partial charge on any atom is -0.453 e. The Morgan fingerprint density at radius 2 is 1.84 bits per heavy atom. The van der Waals surface area contributed by atoms with Gasteiger partial charge in [0.05, 0.1) is 7.11 Å². The van der Waals surface area contributed by atoms with Gasteiger partial charge in [-0.05, 0) is 31.1 Å². The topological polar surface area (TPSA) is 67.4 Å². The lowest BCUT2D eigenvalue weighted by molar-refractivity contribution is -0.121. The Balaban J connectivity index is 1.71. The summed E-state index contributed by atoms with van der Waals surface area (Å²) >= 11 is 0. The lowest BCUT2D eigenvalue weighted by atomic mass is 9.69. The van der Waals surface area contributed by atoms with Crippen molar-refractivity contribution >= 4 is 12.0 Å². The number of rotatable bonds is 3. The fourth-order valence-corrected chi connectivity index (χ4v) is 3.51. The normalized spacial score (nSPS) is 30.1. The first-order valence-electron chi connectivity index (χ1n) is 7.30. The lowest BCUT2D eigenvalue weighted by Crippen LogP contribution is -2.45. The minimum absolute atomic E-state index is 0.00271. The molecule has 19 heavy (non-hydrogen) atoms. The maximum atomic E-state index is 11.7. The van der Waals surface area contributed by atoms with Crippen LogP contribution in [0.25, 0.3) is 0 Å². The molecule has 2 fully saturated rings. The van der Waals surface area contributed by atoms with Gasteiger partial charge in [0.2, 0.25) is 5.91 Å². The average Bonchev–Trinajstić information content (AvgIpc) is 2.44. The van der Waals surface area contributed by atoms with Gasteiger partial charge < -0.3 is 15.4 Å². The second kappa shape index (κ2) is 6.78. The summed E-state index contributed by atoms with van der Waals surface area (Å²) in [6.45, 7) is -0.00271. The predicted octanol–water partition coefficient (Wildman–Crippen LogP) is 1.82. The summed E-state index contributed by atoms with van der Waals surface area (Å²) in [5.74, 6) is 1.56. The monoisotopic (exact) mass is 268 g/mol. The van der Waals surface area contributed by atoms with Gasteiger partial charge in [0.25, 0.3) is 0 Å². The molecular formula is C14H24N2O3. The van der Waals surface area contributed by atoms with Crippen LogP contribution < -0.4 is 10.6 Å². The Hall–Kier alpha value is -1.26. The number of amides is 2. The van der Waals surface area contributed by atoms with E-state index in [1.807, 2.05) is 0 Å². The van der Waals surface area contributed by atoms with Gasteiger partial charge in [0, 0.05) is 6.04 Å². The molecule has 2 aliphatic rings. The minimum atomic E-state index is -0.564. The van der Waals surface area contributed by atoms with Gasteiger partial charge in [-0.25, -0.2) is 4.79 Å². The van der Waals surface area contributed by atoms with Crippen molar-refractivity contribution in [3.05, 3.63) is 0 Å². The third-order valence-electron chi connectivity index (χ3n) is 4.48. The van der Waals surface area contributed by atoms with Crippen LogP contribution in [0, 0.1) is 11.8 Å². The van der Waals surface area contributed by atoms with E-state index in [0.29, 0.717) is 0 Å². The molecule has 0 aromatic carbocycles. The lowest BCUT2D eigenvalue weighted by Gasteiger charge is -2.39. The molecule has 5 heteroatoms. The quantitative estimate of drug-likeness (QED) is 0.820. The van der Waals surface area contributed by atoms with Gasteiger partial charge in [-0.15, -0.1) is 0 Å². The van der Waals surface area contributed by atoms with Crippen LogP contribution >= 0.6 is 0 Å². The molecule has 0 aliphatic heterocycles. The Morgan fingerprint density at radius 3 is 2.58 bits per heavy atom. The van der Waals surface area contributed by atoms with Crippen molar-refractivity contribution in [1.29, 1.82) is 0 Å².